The fourth-order valence-electron chi connectivity index (χ4n) is 2.15. The molecule has 98 valence electrons. The Bertz CT molecular complexity index is 648. The summed E-state index contributed by atoms with van der Waals surface area (Å²) in [6.45, 7) is 0. The van der Waals surface area contributed by atoms with Gasteiger partial charge >= 0.3 is 0 Å². The highest BCUT2D eigenvalue weighted by Crippen LogP contribution is 2.34. The van der Waals surface area contributed by atoms with Gasteiger partial charge in [0.15, 0.2) is 5.75 Å². The summed E-state index contributed by atoms with van der Waals surface area (Å²) in [5.41, 5.74) is 8.17. The van der Waals surface area contributed by atoms with Gasteiger partial charge in [0.05, 0.1) is 15.9 Å². The third-order valence-corrected chi connectivity index (χ3v) is 3.70. The maximum absolute atomic E-state index is 13.5. The van der Waals surface area contributed by atoms with Gasteiger partial charge in [-0.1, -0.05) is 0 Å². The molecule has 0 saturated heterocycles. The minimum absolute atomic E-state index is 0.272. The number of hydrogen-bond donors (Lipinski definition) is 1. The fourth-order valence-corrected chi connectivity index (χ4v) is 2.52. The van der Waals surface area contributed by atoms with E-state index in [9.17, 15) is 4.39 Å². The Morgan fingerprint density at radius 3 is 2.95 bits per heavy atom. The lowest BCUT2D eigenvalue weighted by molar-refractivity contribution is 0.453. The van der Waals surface area contributed by atoms with Crippen molar-refractivity contribution in [3.8, 4) is 11.6 Å². The summed E-state index contributed by atoms with van der Waals surface area (Å²) in [5.74, 6) is 0.319. The summed E-state index contributed by atoms with van der Waals surface area (Å²) in [4.78, 5) is 8.33. The molecule has 6 heteroatoms. The highest BCUT2D eigenvalue weighted by atomic mass is 79.9. The van der Waals surface area contributed by atoms with Crippen molar-refractivity contribution in [2.24, 2.45) is 0 Å². The molecule has 0 unspecified atom stereocenters. The number of fused-ring (bicyclic) bond motifs is 1. The number of nitrogens with zero attached hydrogens (tertiary/aromatic N) is 2. The van der Waals surface area contributed by atoms with Crippen molar-refractivity contribution < 1.29 is 9.13 Å². The number of halogens is 2. The molecule has 0 radical (unpaired) electrons. The van der Waals surface area contributed by atoms with Gasteiger partial charge in [0.2, 0.25) is 5.88 Å². The SMILES string of the molecule is Nc1cc(Br)c(F)cc1Oc1ncnc2c1CCC2. The zero-order valence-electron chi connectivity index (χ0n) is 9.99. The number of anilines is 1. The fraction of sp³-hybridized carbons (Fsp3) is 0.231. The molecule has 2 N–H and O–H groups in total. The maximum atomic E-state index is 13.5. The molecule has 2 aromatic rings. The van der Waals surface area contributed by atoms with Gasteiger partial charge in [-0.3, -0.25) is 0 Å². The monoisotopic (exact) mass is 323 g/mol. The van der Waals surface area contributed by atoms with Crippen molar-refractivity contribution in [3.05, 3.63) is 40.0 Å². The molecule has 1 heterocycles. The lowest BCUT2D eigenvalue weighted by Gasteiger charge is -2.11. The van der Waals surface area contributed by atoms with Crippen LogP contribution in [0.3, 0.4) is 0 Å². The molecular weight excluding hydrogens is 313 g/mol. The Labute approximate surface area is 118 Å². The van der Waals surface area contributed by atoms with Gasteiger partial charge in [-0.15, -0.1) is 0 Å². The number of rotatable bonds is 2. The number of aromatic nitrogens is 2. The van der Waals surface area contributed by atoms with Gasteiger partial charge in [-0.25, -0.2) is 14.4 Å². The Kier molecular flexibility index (Phi) is 3.10. The van der Waals surface area contributed by atoms with Gasteiger partial charge < -0.3 is 10.5 Å². The molecular formula is C13H11BrFN3O. The van der Waals surface area contributed by atoms with Crippen LogP contribution in [0.5, 0.6) is 11.6 Å². The molecule has 19 heavy (non-hydrogen) atoms. The standard InChI is InChI=1S/C13H11BrFN3O/c14-8-4-10(16)12(5-9(8)15)19-13-7-2-1-3-11(7)17-6-18-13/h4-6H,1-3,16H2. The number of benzene rings is 1. The van der Waals surface area contributed by atoms with E-state index in [0.717, 1.165) is 30.5 Å². The van der Waals surface area contributed by atoms with E-state index in [1.165, 1.54) is 18.5 Å². The number of nitrogens with two attached hydrogens (primary N) is 1. The molecule has 1 aliphatic carbocycles. The van der Waals surface area contributed by atoms with Crippen molar-refractivity contribution >= 4 is 21.6 Å². The van der Waals surface area contributed by atoms with Crippen LogP contribution in [0.15, 0.2) is 22.9 Å². The molecule has 0 bridgehead atoms. The summed E-state index contributed by atoms with van der Waals surface area (Å²) in [6, 6.07) is 2.73. The topological polar surface area (TPSA) is 61.0 Å². The van der Waals surface area contributed by atoms with Gasteiger partial charge in [0.25, 0.3) is 0 Å². The predicted molar refractivity (Wildman–Crippen MR) is 72.6 cm³/mol. The second-order valence-electron chi connectivity index (χ2n) is 4.36. The minimum atomic E-state index is -0.421. The van der Waals surface area contributed by atoms with Gasteiger partial charge in [-0.2, -0.15) is 0 Å². The molecule has 0 fully saturated rings. The zero-order chi connectivity index (χ0) is 13.4. The van der Waals surface area contributed by atoms with Gasteiger partial charge in [0, 0.05) is 11.6 Å². The summed E-state index contributed by atoms with van der Waals surface area (Å²) in [6.07, 6.45) is 4.31. The van der Waals surface area contributed by atoms with Crippen LogP contribution in [-0.4, -0.2) is 9.97 Å². The largest absolute Gasteiger partial charge is 0.436 e. The van der Waals surface area contributed by atoms with Crippen LogP contribution in [0.25, 0.3) is 0 Å². The average Bonchev–Trinajstić information content (AvgIpc) is 2.85. The van der Waals surface area contributed by atoms with Crippen molar-refractivity contribution in [2.45, 2.75) is 19.3 Å². The van der Waals surface area contributed by atoms with Gasteiger partial charge in [-0.05, 0) is 41.3 Å². The molecule has 0 aliphatic heterocycles. The van der Waals surface area contributed by atoms with Crippen molar-refractivity contribution in [2.75, 3.05) is 5.73 Å². The minimum Gasteiger partial charge on any atom is -0.436 e. The Morgan fingerprint density at radius 2 is 2.11 bits per heavy atom. The molecule has 1 aromatic carbocycles. The van der Waals surface area contributed by atoms with E-state index in [-0.39, 0.29) is 5.75 Å². The zero-order valence-corrected chi connectivity index (χ0v) is 11.6. The molecule has 0 saturated carbocycles. The van der Waals surface area contributed by atoms with E-state index in [2.05, 4.69) is 25.9 Å². The molecule has 1 aromatic heterocycles. The van der Waals surface area contributed by atoms with Gasteiger partial charge in [0.1, 0.15) is 12.1 Å². The second kappa shape index (κ2) is 4.77. The molecule has 3 rings (SSSR count). The Hall–Kier alpha value is -1.69. The van der Waals surface area contributed by atoms with Crippen molar-refractivity contribution in [1.29, 1.82) is 0 Å². The van der Waals surface area contributed by atoms with E-state index in [4.69, 9.17) is 10.5 Å². The number of aryl methyl sites for hydroxylation is 1. The molecule has 0 spiro atoms. The smallest absolute Gasteiger partial charge is 0.225 e. The first kappa shape index (κ1) is 12.3. The average molecular weight is 324 g/mol. The molecule has 0 atom stereocenters. The number of ether oxygens (including phenoxy) is 1. The van der Waals surface area contributed by atoms with Crippen molar-refractivity contribution in [3.63, 3.8) is 0 Å². The second-order valence-corrected chi connectivity index (χ2v) is 5.22. The Balaban J connectivity index is 1.98. The summed E-state index contributed by atoms with van der Waals surface area (Å²) in [7, 11) is 0. The van der Waals surface area contributed by atoms with Crippen LogP contribution < -0.4 is 10.5 Å². The third-order valence-electron chi connectivity index (χ3n) is 3.09. The lowest BCUT2D eigenvalue weighted by atomic mass is 10.2. The third kappa shape index (κ3) is 2.28. The van der Waals surface area contributed by atoms with E-state index in [0.29, 0.717) is 16.0 Å². The van der Waals surface area contributed by atoms with Crippen LogP contribution in [0.2, 0.25) is 0 Å². The van der Waals surface area contributed by atoms with Crippen LogP contribution in [0.1, 0.15) is 17.7 Å². The van der Waals surface area contributed by atoms with Crippen molar-refractivity contribution in [1.82, 2.24) is 9.97 Å². The van der Waals surface area contributed by atoms with Crippen LogP contribution in [0.4, 0.5) is 10.1 Å². The quantitative estimate of drug-likeness (QED) is 0.862. The first-order chi connectivity index (χ1) is 9.15. The van der Waals surface area contributed by atoms with Crippen LogP contribution >= 0.6 is 15.9 Å². The highest BCUT2D eigenvalue weighted by Gasteiger charge is 2.19. The van der Waals surface area contributed by atoms with E-state index in [1.54, 1.807) is 0 Å². The Morgan fingerprint density at radius 1 is 1.26 bits per heavy atom. The molecule has 1 aliphatic rings. The maximum Gasteiger partial charge on any atom is 0.225 e. The first-order valence-electron chi connectivity index (χ1n) is 5.90. The highest BCUT2D eigenvalue weighted by molar-refractivity contribution is 9.10. The van der Waals surface area contributed by atoms with E-state index in [1.807, 2.05) is 0 Å². The summed E-state index contributed by atoms with van der Waals surface area (Å²) in [5, 5.41) is 0. The predicted octanol–water partition coefficient (Wildman–Crippen LogP) is 3.24. The molecule has 0 amide bonds. The normalized spacial score (nSPS) is 13.4. The summed E-state index contributed by atoms with van der Waals surface area (Å²) < 4.78 is 19.5. The summed E-state index contributed by atoms with van der Waals surface area (Å²) >= 11 is 3.08. The lowest BCUT2D eigenvalue weighted by Crippen LogP contribution is -1.99. The molecule has 4 nitrogen and oxygen atoms in total. The first-order valence-corrected chi connectivity index (χ1v) is 6.69. The number of nitrogen functional groups attached to an aromatic ring is 1. The van der Waals surface area contributed by atoms with Crippen LogP contribution in [-0.2, 0) is 12.8 Å². The van der Waals surface area contributed by atoms with E-state index < -0.39 is 5.82 Å². The van der Waals surface area contributed by atoms with Crippen LogP contribution in [0, 0.1) is 5.82 Å². The van der Waals surface area contributed by atoms with E-state index >= 15 is 0 Å². The number of hydrogen-bond acceptors (Lipinski definition) is 4.